The first-order valence-corrected chi connectivity index (χ1v) is 10.5. The minimum atomic E-state index is -0.406. The highest BCUT2D eigenvalue weighted by Gasteiger charge is 2.34. The van der Waals surface area contributed by atoms with Crippen LogP contribution in [0.5, 0.6) is 5.75 Å². The zero-order valence-electron chi connectivity index (χ0n) is 17.1. The molecule has 0 atom stereocenters. The number of ether oxygens (including phenoxy) is 1. The Hall–Kier alpha value is -2.51. The van der Waals surface area contributed by atoms with Crippen molar-refractivity contribution in [1.82, 2.24) is 16.0 Å². The lowest BCUT2D eigenvalue weighted by molar-refractivity contribution is 0.113. The predicted molar refractivity (Wildman–Crippen MR) is 118 cm³/mol. The minimum Gasteiger partial charge on any atom is -0.487 e. The summed E-state index contributed by atoms with van der Waals surface area (Å²) < 4.78 is 19.9. The van der Waals surface area contributed by atoms with Crippen molar-refractivity contribution >= 4 is 23.0 Å². The second kappa shape index (κ2) is 8.32. The molecule has 0 bridgehead atoms. The van der Waals surface area contributed by atoms with Crippen molar-refractivity contribution in [3.05, 3.63) is 59.0 Å². The van der Waals surface area contributed by atoms with Crippen molar-refractivity contribution in [2.24, 2.45) is 0 Å². The largest absolute Gasteiger partial charge is 0.487 e. The first-order chi connectivity index (χ1) is 14.1. The number of benzene rings is 1. The number of aryl methyl sites for hydroxylation is 1. The Bertz CT molecular complexity index is 957. The summed E-state index contributed by atoms with van der Waals surface area (Å²) in [5, 5.41) is 3.93. The van der Waals surface area contributed by atoms with Gasteiger partial charge in [-0.05, 0) is 44.0 Å². The monoisotopic (exact) mass is 431 g/mol. The molecule has 3 heterocycles. The van der Waals surface area contributed by atoms with Gasteiger partial charge in [0.25, 0.3) is 0 Å². The van der Waals surface area contributed by atoms with Crippen LogP contribution in [-0.4, -0.2) is 35.1 Å². The molecule has 0 radical (unpaired) electrons. The Morgan fingerprint density at radius 3 is 2.63 bits per heavy atom. The second-order valence-electron chi connectivity index (χ2n) is 8.00. The van der Waals surface area contributed by atoms with Crippen LogP contribution in [0, 0.1) is 12.7 Å². The fourth-order valence-electron chi connectivity index (χ4n) is 4.01. The number of likely N-dealkylation sites (tertiary alicyclic amines) is 1. The number of hydrogen-bond acceptors (Lipinski definition) is 6. The van der Waals surface area contributed by atoms with Crippen LogP contribution in [0.25, 0.3) is 0 Å². The summed E-state index contributed by atoms with van der Waals surface area (Å²) in [5.41, 5.74) is 3.29. The minimum absolute atomic E-state index is 0. The van der Waals surface area contributed by atoms with E-state index in [1.165, 1.54) is 24.6 Å². The molecule has 1 saturated carbocycles. The molecule has 4 N–H and O–H groups in total. The van der Waals surface area contributed by atoms with Crippen LogP contribution in [0.4, 0.5) is 15.8 Å². The molecule has 1 aliphatic carbocycles. The number of fused-ring (bicyclic) bond motifs is 1. The molecule has 8 heteroatoms. The van der Waals surface area contributed by atoms with E-state index < -0.39 is 5.82 Å². The van der Waals surface area contributed by atoms with Gasteiger partial charge in [0.15, 0.2) is 11.6 Å². The molecule has 2 aliphatic heterocycles. The fourth-order valence-corrected chi connectivity index (χ4v) is 4.17. The van der Waals surface area contributed by atoms with E-state index in [1.807, 2.05) is 13.1 Å². The predicted octanol–water partition coefficient (Wildman–Crippen LogP) is 5.08. The van der Waals surface area contributed by atoms with Gasteiger partial charge in [-0.25, -0.2) is 4.39 Å². The molecule has 5 rings (SSSR count). The summed E-state index contributed by atoms with van der Waals surface area (Å²) in [6, 6.07) is 7.29. The van der Waals surface area contributed by atoms with E-state index in [0.717, 1.165) is 43.1 Å². The van der Waals surface area contributed by atoms with Gasteiger partial charge < -0.3 is 26.0 Å². The molecule has 6 nitrogen and oxygen atoms in total. The molecule has 2 fully saturated rings. The highest BCUT2D eigenvalue weighted by molar-refractivity contribution is 6.30. The number of halogens is 2. The van der Waals surface area contributed by atoms with E-state index in [-0.39, 0.29) is 18.0 Å². The van der Waals surface area contributed by atoms with E-state index in [2.05, 4.69) is 32.4 Å². The third-order valence-corrected chi connectivity index (χ3v) is 5.97. The van der Waals surface area contributed by atoms with Gasteiger partial charge in [-0.3, -0.25) is 4.98 Å². The van der Waals surface area contributed by atoms with E-state index in [9.17, 15) is 4.39 Å². The van der Waals surface area contributed by atoms with E-state index in [4.69, 9.17) is 16.3 Å². The molecule has 1 saturated heterocycles. The van der Waals surface area contributed by atoms with Gasteiger partial charge in [-0.15, -0.1) is 0 Å². The lowest BCUT2D eigenvalue weighted by atomic mass is 10.1. The van der Waals surface area contributed by atoms with Gasteiger partial charge in [0, 0.05) is 48.9 Å². The van der Waals surface area contributed by atoms with E-state index in [1.54, 1.807) is 12.1 Å². The van der Waals surface area contributed by atoms with Gasteiger partial charge in [-0.2, -0.15) is 0 Å². The maximum Gasteiger partial charge on any atom is 0.166 e. The number of nitrogens with zero attached hydrogens (tertiary/aromatic N) is 3. The number of rotatable bonds is 4. The van der Waals surface area contributed by atoms with Crippen LogP contribution in [-0.2, 0) is 0 Å². The number of nitrogens with one attached hydrogen (secondary N) is 1. The van der Waals surface area contributed by atoms with Gasteiger partial charge in [0.1, 0.15) is 11.9 Å². The number of hydrogen-bond donors (Lipinski definition) is 2. The van der Waals surface area contributed by atoms with Crippen molar-refractivity contribution in [2.75, 3.05) is 23.3 Å². The summed E-state index contributed by atoms with van der Waals surface area (Å²) in [5.74, 6) is 0.973. The molecule has 2 aromatic rings. The third kappa shape index (κ3) is 4.18. The molecule has 0 amide bonds. The molecule has 3 aliphatic rings. The number of pyridine rings is 1. The van der Waals surface area contributed by atoms with Gasteiger partial charge in [0.2, 0.25) is 0 Å². The topological polar surface area (TPSA) is 75.6 Å². The molecule has 1 aromatic heterocycles. The Morgan fingerprint density at radius 1 is 1.17 bits per heavy atom. The third-order valence-electron chi connectivity index (χ3n) is 5.73. The van der Waals surface area contributed by atoms with Crippen LogP contribution in [0.3, 0.4) is 0 Å². The SMILES string of the molecule is Cc1cc2c(cn1)NC(N1CCC(Oc3ccc(Cl)cc3F)CC1)=CN2C1CC1.N. The molecular formula is C22H27ClFN5O. The Morgan fingerprint density at radius 2 is 1.93 bits per heavy atom. The lowest BCUT2D eigenvalue weighted by Crippen LogP contribution is -2.41. The average molecular weight is 432 g/mol. The van der Waals surface area contributed by atoms with Gasteiger partial charge in [0.05, 0.1) is 17.6 Å². The zero-order chi connectivity index (χ0) is 20.0. The van der Waals surface area contributed by atoms with Crippen LogP contribution < -0.4 is 21.1 Å². The smallest absolute Gasteiger partial charge is 0.166 e. The highest BCUT2D eigenvalue weighted by atomic mass is 35.5. The lowest BCUT2D eigenvalue weighted by Gasteiger charge is -2.39. The van der Waals surface area contributed by atoms with Crippen LogP contribution in [0.2, 0.25) is 5.02 Å². The van der Waals surface area contributed by atoms with Gasteiger partial charge in [-0.1, -0.05) is 11.6 Å². The molecule has 1 aromatic carbocycles. The number of piperidine rings is 1. The zero-order valence-corrected chi connectivity index (χ0v) is 17.8. The summed E-state index contributed by atoms with van der Waals surface area (Å²) in [6.45, 7) is 3.73. The molecule has 0 unspecified atom stereocenters. The fraction of sp³-hybridized carbons (Fsp3) is 0.409. The van der Waals surface area contributed by atoms with Crippen molar-refractivity contribution in [2.45, 2.75) is 44.8 Å². The van der Waals surface area contributed by atoms with Crippen molar-refractivity contribution in [1.29, 1.82) is 0 Å². The van der Waals surface area contributed by atoms with Crippen molar-refractivity contribution in [3.63, 3.8) is 0 Å². The number of anilines is 2. The highest BCUT2D eigenvalue weighted by Crippen LogP contribution is 2.40. The molecule has 30 heavy (non-hydrogen) atoms. The van der Waals surface area contributed by atoms with E-state index >= 15 is 0 Å². The quantitative estimate of drug-likeness (QED) is 0.702. The molecule has 0 spiro atoms. The Kier molecular flexibility index (Phi) is 5.75. The van der Waals surface area contributed by atoms with Crippen LogP contribution in [0.15, 0.2) is 42.5 Å². The van der Waals surface area contributed by atoms with E-state index in [0.29, 0.717) is 11.1 Å². The van der Waals surface area contributed by atoms with Crippen molar-refractivity contribution < 1.29 is 9.13 Å². The summed E-state index contributed by atoms with van der Waals surface area (Å²) in [7, 11) is 0. The summed E-state index contributed by atoms with van der Waals surface area (Å²) in [4.78, 5) is 9.19. The average Bonchev–Trinajstić information content (AvgIpc) is 3.55. The Labute approximate surface area is 181 Å². The second-order valence-corrected chi connectivity index (χ2v) is 8.44. The summed E-state index contributed by atoms with van der Waals surface area (Å²) in [6.07, 6.45) is 8.29. The first-order valence-electron chi connectivity index (χ1n) is 10.2. The number of aromatic nitrogens is 1. The van der Waals surface area contributed by atoms with Crippen molar-refractivity contribution in [3.8, 4) is 5.75 Å². The maximum absolute atomic E-state index is 14.0. The molecular weight excluding hydrogens is 405 g/mol. The first kappa shape index (κ1) is 20.8. The standard InChI is InChI=1S/C22H24ClFN4O.H3N/c1-14-10-20-19(12-25-14)26-22(13-28(20)16-3-4-16)27-8-6-17(7-9-27)29-21-5-2-15(23)11-18(21)24;/h2,5,10-13,16-17,26H,3-4,6-9H2,1H3;1H3. The Balaban J connectivity index is 0.00000218. The maximum atomic E-state index is 14.0. The summed E-state index contributed by atoms with van der Waals surface area (Å²) >= 11 is 5.82. The van der Waals surface area contributed by atoms with Crippen LogP contribution >= 0.6 is 11.6 Å². The van der Waals surface area contributed by atoms with Crippen LogP contribution in [0.1, 0.15) is 31.4 Å². The normalized spacial score (nSPS) is 18.8. The van der Waals surface area contributed by atoms with Gasteiger partial charge >= 0.3 is 0 Å². The molecule has 160 valence electrons.